The van der Waals surface area contributed by atoms with Gasteiger partial charge in [0.05, 0.1) is 17.3 Å². The molecule has 0 radical (unpaired) electrons. The van der Waals surface area contributed by atoms with Gasteiger partial charge in [0.1, 0.15) is 10.7 Å². The second-order valence-corrected chi connectivity index (χ2v) is 5.84. The fraction of sp³-hybridized carbons (Fsp3) is 0. The van der Waals surface area contributed by atoms with E-state index >= 15 is 0 Å². The molecule has 0 aliphatic carbocycles. The molecule has 4 rings (SSSR count). The lowest BCUT2D eigenvalue weighted by Gasteiger charge is -2.18. The molecule has 8 heteroatoms. The molecule has 0 fully saturated rings. The summed E-state index contributed by atoms with van der Waals surface area (Å²) in [6, 6.07) is 19.1. The highest BCUT2D eigenvalue weighted by molar-refractivity contribution is 5.91. The summed E-state index contributed by atoms with van der Waals surface area (Å²) in [4.78, 5) is 19.0. The zero-order valence-corrected chi connectivity index (χ0v) is 14.5. The number of hydrogen-bond donors (Lipinski definition) is 1. The highest BCUT2D eigenvalue weighted by Crippen LogP contribution is 2.28. The van der Waals surface area contributed by atoms with Crippen LogP contribution in [0.3, 0.4) is 0 Å². The van der Waals surface area contributed by atoms with Gasteiger partial charge in [0.2, 0.25) is 0 Å². The van der Waals surface area contributed by atoms with E-state index in [1.165, 1.54) is 18.2 Å². The highest BCUT2D eigenvalue weighted by Gasteiger charge is 2.14. The van der Waals surface area contributed by atoms with Crippen molar-refractivity contribution in [1.82, 2.24) is 9.97 Å². The van der Waals surface area contributed by atoms with Crippen molar-refractivity contribution in [1.29, 1.82) is 0 Å². The summed E-state index contributed by atoms with van der Waals surface area (Å²) < 4.78 is 5.10. The molecule has 0 atom stereocenters. The van der Waals surface area contributed by atoms with Crippen LogP contribution in [0.5, 0.6) is 0 Å². The van der Waals surface area contributed by atoms with Gasteiger partial charge in [0.25, 0.3) is 0 Å². The number of para-hydroxylation sites is 2. The number of rotatable bonds is 5. The van der Waals surface area contributed by atoms with Crippen LogP contribution in [0, 0.1) is 10.1 Å². The Labute approximate surface area is 159 Å². The maximum Gasteiger partial charge on any atom is 0.433 e. The Morgan fingerprint density at radius 3 is 2.46 bits per heavy atom. The number of nitrogens with zero attached hydrogens (tertiary/aromatic N) is 4. The van der Waals surface area contributed by atoms with Crippen LogP contribution in [0.25, 0.3) is 23.1 Å². The molecule has 0 amide bonds. The van der Waals surface area contributed by atoms with E-state index in [1.807, 2.05) is 42.5 Å². The third-order valence-corrected chi connectivity index (χ3v) is 3.99. The predicted molar refractivity (Wildman–Crippen MR) is 104 cm³/mol. The second kappa shape index (κ2) is 7.29. The molecule has 0 bridgehead atoms. The Balaban J connectivity index is 1.75. The van der Waals surface area contributed by atoms with Gasteiger partial charge in [-0.1, -0.05) is 30.3 Å². The first kappa shape index (κ1) is 17.4. The van der Waals surface area contributed by atoms with Crippen LogP contribution in [0.2, 0.25) is 0 Å². The predicted octanol–water partition coefficient (Wildman–Crippen LogP) is 4.83. The molecule has 2 aromatic heterocycles. The van der Waals surface area contributed by atoms with Crippen molar-refractivity contribution in [3.63, 3.8) is 0 Å². The standard InChI is InChI=1S/C20H14N4O4/c25-23(14-6-2-1-3-7-14)20-16-8-4-5-9-17(16)21-18(22-20)12-10-15-11-13-19(28-15)24(26)27/h1-13,25H/b12-10+. The van der Waals surface area contributed by atoms with E-state index in [9.17, 15) is 15.3 Å². The van der Waals surface area contributed by atoms with Crippen LogP contribution in [-0.2, 0) is 0 Å². The van der Waals surface area contributed by atoms with Gasteiger partial charge in [-0.3, -0.25) is 15.3 Å². The number of aromatic nitrogens is 2. The fourth-order valence-corrected chi connectivity index (χ4v) is 2.69. The molecule has 0 aliphatic heterocycles. The molecular formula is C20H14N4O4. The minimum atomic E-state index is -0.606. The van der Waals surface area contributed by atoms with Crippen LogP contribution in [0.15, 0.2) is 71.1 Å². The van der Waals surface area contributed by atoms with Crippen molar-refractivity contribution >= 4 is 40.4 Å². The molecule has 2 aromatic carbocycles. The largest absolute Gasteiger partial charge is 0.433 e. The molecule has 0 spiro atoms. The minimum Gasteiger partial charge on any atom is -0.401 e. The van der Waals surface area contributed by atoms with Crippen LogP contribution < -0.4 is 5.06 Å². The van der Waals surface area contributed by atoms with E-state index in [4.69, 9.17) is 4.42 Å². The van der Waals surface area contributed by atoms with Gasteiger partial charge in [-0.2, -0.15) is 0 Å². The molecule has 1 N–H and O–H groups in total. The quantitative estimate of drug-likeness (QED) is 0.394. The molecule has 0 saturated carbocycles. The van der Waals surface area contributed by atoms with Crippen LogP contribution in [-0.4, -0.2) is 20.1 Å². The summed E-state index contributed by atoms with van der Waals surface area (Å²) in [5, 5.41) is 23.1. The zero-order valence-electron chi connectivity index (χ0n) is 14.5. The van der Waals surface area contributed by atoms with Gasteiger partial charge >= 0.3 is 5.88 Å². The summed E-state index contributed by atoms with van der Waals surface area (Å²) in [5.41, 5.74) is 1.20. The number of benzene rings is 2. The first-order valence-corrected chi connectivity index (χ1v) is 8.35. The molecule has 0 aliphatic rings. The average Bonchev–Trinajstić information content (AvgIpc) is 3.21. The third kappa shape index (κ3) is 3.44. The van der Waals surface area contributed by atoms with Crippen molar-refractivity contribution in [3.05, 3.63) is 88.4 Å². The van der Waals surface area contributed by atoms with E-state index in [0.29, 0.717) is 34.0 Å². The Morgan fingerprint density at radius 1 is 0.964 bits per heavy atom. The first-order chi connectivity index (χ1) is 13.6. The Kier molecular flexibility index (Phi) is 4.53. The van der Waals surface area contributed by atoms with E-state index in [1.54, 1.807) is 18.2 Å². The van der Waals surface area contributed by atoms with Gasteiger partial charge in [0.15, 0.2) is 11.6 Å². The number of anilines is 2. The normalized spacial score (nSPS) is 11.2. The van der Waals surface area contributed by atoms with Crippen molar-refractivity contribution in [2.45, 2.75) is 0 Å². The van der Waals surface area contributed by atoms with E-state index in [0.717, 1.165) is 5.06 Å². The zero-order chi connectivity index (χ0) is 19.5. The Morgan fingerprint density at radius 2 is 1.71 bits per heavy atom. The van der Waals surface area contributed by atoms with E-state index < -0.39 is 4.92 Å². The van der Waals surface area contributed by atoms with Gasteiger partial charge in [0, 0.05) is 5.39 Å². The fourth-order valence-electron chi connectivity index (χ4n) is 2.69. The molecule has 138 valence electrons. The van der Waals surface area contributed by atoms with Gasteiger partial charge in [-0.15, -0.1) is 0 Å². The summed E-state index contributed by atoms with van der Waals surface area (Å²) in [6.45, 7) is 0. The van der Waals surface area contributed by atoms with Gasteiger partial charge in [-0.25, -0.2) is 15.0 Å². The molecule has 0 saturated heterocycles. The number of nitro groups is 1. The molecule has 8 nitrogen and oxygen atoms in total. The maximum absolute atomic E-state index is 10.7. The Hall–Kier alpha value is -4.04. The van der Waals surface area contributed by atoms with E-state index in [2.05, 4.69) is 9.97 Å². The lowest BCUT2D eigenvalue weighted by atomic mass is 10.2. The summed E-state index contributed by atoms with van der Waals surface area (Å²) in [7, 11) is 0. The molecule has 0 unspecified atom stereocenters. The maximum atomic E-state index is 10.7. The number of furan rings is 1. The van der Waals surface area contributed by atoms with Crippen molar-refractivity contribution in [2.75, 3.05) is 5.06 Å². The SMILES string of the molecule is O=[N+]([O-])c1ccc(/C=C/c2nc(N(O)c3ccccc3)c3ccccc3n2)o1. The van der Waals surface area contributed by atoms with Crippen molar-refractivity contribution in [3.8, 4) is 0 Å². The van der Waals surface area contributed by atoms with Gasteiger partial charge < -0.3 is 4.42 Å². The van der Waals surface area contributed by atoms with E-state index in [-0.39, 0.29) is 5.88 Å². The van der Waals surface area contributed by atoms with Crippen molar-refractivity contribution < 1.29 is 14.5 Å². The first-order valence-electron chi connectivity index (χ1n) is 8.35. The average molecular weight is 374 g/mol. The third-order valence-electron chi connectivity index (χ3n) is 3.99. The summed E-state index contributed by atoms with van der Waals surface area (Å²) >= 11 is 0. The molecular weight excluding hydrogens is 360 g/mol. The number of hydrogen-bond acceptors (Lipinski definition) is 7. The lowest BCUT2D eigenvalue weighted by Crippen LogP contribution is -2.13. The van der Waals surface area contributed by atoms with Crippen LogP contribution >= 0.6 is 0 Å². The highest BCUT2D eigenvalue weighted by atomic mass is 16.6. The minimum absolute atomic E-state index is 0.300. The molecule has 2 heterocycles. The lowest BCUT2D eigenvalue weighted by molar-refractivity contribution is -0.402. The molecule has 4 aromatic rings. The topological polar surface area (TPSA) is 106 Å². The Bertz CT molecular complexity index is 1170. The summed E-state index contributed by atoms with van der Waals surface area (Å²) in [5.74, 6) is 0.601. The van der Waals surface area contributed by atoms with Crippen LogP contribution in [0.4, 0.5) is 17.4 Å². The van der Waals surface area contributed by atoms with Crippen molar-refractivity contribution in [2.24, 2.45) is 0 Å². The van der Waals surface area contributed by atoms with Gasteiger partial charge in [-0.05, 0) is 42.5 Å². The monoisotopic (exact) mass is 374 g/mol. The number of fused-ring (bicyclic) bond motifs is 1. The van der Waals surface area contributed by atoms with Crippen LogP contribution in [0.1, 0.15) is 11.6 Å². The molecule has 28 heavy (non-hydrogen) atoms. The summed E-state index contributed by atoms with van der Waals surface area (Å²) in [6.07, 6.45) is 3.10. The smallest absolute Gasteiger partial charge is 0.401 e. The second-order valence-electron chi connectivity index (χ2n) is 5.84.